The second kappa shape index (κ2) is 6.23. The molecule has 1 heterocycles. The van der Waals surface area contributed by atoms with E-state index in [0.29, 0.717) is 17.4 Å². The molecule has 2 aromatic carbocycles. The molecule has 4 rings (SSSR count). The van der Waals surface area contributed by atoms with E-state index in [4.69, 9.17) is 16.3 Å². The number of allylic oxidation sites excluding steroid dienone is 2. The van der Waals surface area contributed by atoms with Crippen LogP contribution in [-0.4, -0.2) is 13.1 Å². The number of nitrogens with one attached hydrogen (secondary N) is 1. The van der Waals surface area contributed by atoms with Crippen LogP contribution >= 0.6 is 11.6 Å². The summed E-state index contributed by atoms with van der Waals surface area (Å²) in [6.45, 7) is 2.09. The Morgan fingerprint density at radius 1 is 1.24 bits per heavy atom. The van der Waals surface area contributed by atoms with E-state index < -0.39 is 0 Å². The lowest BCUT2D eigenvalue weighted by atomic mass is 9.76. The van der Waals surface area contributed by atoms with Crippen molar-refractivity contribution in [1.82, 2.24) is 0 Å². The van der Waals surface area contributed by atoms with Crippen molar-refractivity contribution in [2.24, 2.45) is 5.92 Å². The number of methoxy groups -OCH3 is 1. The molecule has 0 radical (unpaired) electrons. The summed E-state index contributed by atoms with van der Waals surface area (Å²) in [6.07, 6.45) is 5.60. The van der Waals surface area contributed by atoms with Gasteiger partial charge in [0.1, 0.15) is 0 Å². The van der Waals surface area contributed by atoms with Crippen LogP contribution in [0, 0.1) is 12.8 Å². The van der Waals surface area contributed by atoms with Gasteiger partial charge >= 0.3 is 5.97 Å². The highest BCUT2D eigenvalue weighted by Gasteiger charge is 2.38. The van der Waals surface area contributed by atoms with Crippen LogP contribution < -0.4 is 5.32 Å². The minimum Gasteiger partial charge on any atom is -0.465 e. The highest BCUT2D eigenvalue weighted by Crippen LogP contribution is 2.51. The van der Waals surface area contributed by atoms with E-state index in [1.807, 2.05) is 30.3 Å². The lowest BCUT2D eigenvalue weighted by Crippen LogP contribution is -2.29. The fraction of sp³-hybridized carbons (Fsp3) is 0.286. The largest absolute Gasteiger partial charge is 0.465 e. The number of fused-ring (bicyclic) bond motifs is 3. The van der Waals surface area contributed by atoms with Crippen LogP contribution in [0.3, 0.4) is 0 Å². The molecule has 0 unspecified atom stereocenters. The summed E-state index contributed by atoms with van der Waals surface area (Å²) in [5, 5.41) is 4.52. The SMILES string of the molecule is COC(=O)c1ccc([C@@H]2Nc3c(C)cc(Cl)cc3[C@H]3C=CC[C@H]32)cc1. The Hall–Kier alpha value is -2.26. The molecule has 0 bridgehead atoms. The number of aryl methyl sites for hydroxylation is 1. The number of esters is 1. The van der Waals surface area contributed by atoms with E-state index in [1.54, 1.807) is 0 Å². The zero-order chi connectivity index (χ0) is 17.6. The van der Waals surface area contributed by atoms with Gasteiger partial charge in [0.15, 0.2) is 0 Å². The molecular weight excluding hydrogens is 334 g/mol. The van der Waals surface area contributed by atoms with Crippen molar-refractivity contribution in [3.05, 3.63) is 75.8 Å². The predicted octanol–water partition coefficient (Wildman–Crippen LogP) is 5.26. The van der Waals surface area contributed by atoms with Gasteiger partial charge in [-0.25, -0.2) is 4.79 Å². The van der Waals surface area contributed by atoms with Crippen molar-refractivity contribution in [2.45, 2.75) is 25.3 Å². The molecular formula is C21H20ClNO2. The third-order valence-electron chi connectivity index (χ3n) is 5.32. The maximum Gasteiger partial charge on any atom is 0.337 e. The van der Waals surface area contributed by atoms with Gasteiger partial charge in [0, 0.05) is 16.6 Å². The lowest BCUT2D eigenvalue weighted by molar-refractivity contribution is 0.0600. The number of rotatable bonds is 2. The van der Waals surface area contributed by atoms with Crippen molar-refractivity contribution < 1.29 is 9.53 Å². The van der Waals surface area contributed by atoms with Gasteiger partial charge < -0.3 is 10.1 Å². The molecule has 0 saturated carbocycles. The van der Waals surface area contributed by atoms with E-state index in [9.17, 15) is 4.79 Å². The maximum atomic E-state index is 11.7. The molecule has 4 heteroatoms. The van der Waals surface area contributed by atoms with Crippen molar-refractivity contribution in [3.8, 4) is 0 Å². The Balaban J connectivity index is 1.73. The van der Waals surface area contributed by atoms with Gasteiger partial charge in [-0.2, -0.15) is 0 Å². The summed E-state index contributed by atoms with van der Waals surface area (Å²) in [4.78, 5) is 11.7. The van der Waals surface area contributed by atoms with Gasteiger partial charge in [0.2, 0.25) is 0 Å². The second-order valence-corrected chi connectivity index (χ2v) is 7.21. The maximum absolute atomic E-state index is 11.7. The molecule has 25 heavy (non-hydrogen) atoms. The lowest BCUT2D eigenvalue weighted by Gasteiger charge is -2.38. The zero-order valence-corrected chi connectivity index (χ0v) is 15.0. The number of benzene rings is 2. The Morgan fingerprint density at radius 2 is 2.00 bits per heavy atom. The average Bonchev–Trinajstić information content (AvgIpc) is 3.11. The average molecular weight is 354 g/mol. The third kappa shape index (κ3) is 2.73. The van der Waals surface area contributed by atoms with E-state index in [1.165, 1.54) is 23.9 Å². The normalized spacial score (nSPS) is 23.6. The first-order chi connectivity index (χ1) is 12.1. The fourth-order valence-corrected chi connectivity index (χ4v) is 4.40. The standard InChI is InChI=1S/C21H20ClNO2/c1-12-10-15(22)11-18-16-4-3-5-17(16)20(23-19(12)18)13-6-8-14(9-7-13)21(24)25-2/h3-4,6-11,16-17,20,23H,5H2,1-2H3/t16-,17+,20-/m0/s1. The first-order valence-electron chi connectivity index (χ1n) is 8.50. The molecule has 3 nitrogen and oxygen atoms in total. The van der Waals surface area contributed by atoms with Crippen LogP contribution in [0.1, 0.15) is 45.4 Å². The van der Waals surface area contributed by atoms with Crippen molar-refractivity contribution >= 4 is 23.3 Å². The number of hydrogen-bond acceptors (Lipinski definition) is 3. The Labute approximate surface area is 152 Å². The predicted molar refractivity (Wildman–Crippen MR) is 100 cm³/mol. The van der Waals surface area contributed by atoms with Crippen LogP contribution in [0.2, 0.25) is 5.02 Å². The molecule has 0 fully saturated rings. The number of carbonyl (C=O) groups excluding carboxylic acids is 1. The molecule has 1 aliphatic carbocycles. The third-order valence-corrected chi connectivity index (χ3v) is 5.54. The van der Waals surface area contributed by atoms with Crippen LogP contribution in [0.4, 0.5) is 5.69 Å². The van der Waals surface area contributed by atoms with Crippen LogP contribution in [-0.2, 0) is 4.74 Å². The number of hydrogen-bond donors (Lipinski definition) is 1. The second-order valence-electron chi connectivity index (χ2n) is 6.78. The first-order valence-corrected chi connectivity index (χ1v) is 8.88. The van der Waals surface area contributed by atoms with E-state index >= 15 is 0 Å². The molecule has 0 amide bonds. The zero-order valence-electron chi connectivity index (χ0n) is 14.3. The molecule has 1 aliphatic heterocycles. The van der Waals surface area contributed by atoms with Crippen LogP contribution in [0.5, 0.6) is 0 Å². The Bertz CT molecular complexity index is 857. The highest BCUT2D eigenvalue weighted by molar-refractivity contribution is 6.30. The van der Waals surface area contributed by atoms with Gasteiger partial charge in [-0.3, -0.25) is 0 Å². The van der Waals surface area contributed by atoms with Crippen molar-refractivity contribution in [1.29, 1.82) is 0 Å². The van der Waals surface area contributed by atoms with Gasteiger partial charge in [-0.05, 0) is 60.2 Å². The summed E-state index contributed by atoms with van der Waals surface area (Å²) in [6, 6.07) is 12.0. The topological polar surface area (TPSA) is 38.3 Å². The van der Waals surface area contributed by atoms with Crippen LogP contribution in [0.15, 0.2) is 48.6 Å². The van der Waals surface area contributed by atoms with Gasteiger partial charge in [-0.15, -0.1) is 0 Å². The Kier molecular flexibility index (Phi) is 4.04. The number of anilines is 1. The molecule has 2 aliphatic rings. The summed E-state index contributed by atoms with van der Waals surface area (Å²) in [5.74, 6) is 0.521. The first kappa shape index (κ1) is 16.2. The summed E-state index contributed by atoms with van der Waals surface area (Å²) < 4.78 is 4.79. The quantitative estimate of drug-likeness (QED) is 0.591. The van der Waals surface area contributed by atoms with Gasteiger partial charge in [0.05, 0.1) is 18.7 Å². The van der Waals surface area contributed by atoms with E-state index in [-0.39, 0.29) is 12.0 Å². The molecule has 128 valence electrons. The van der Waals surface area contributed by atoms with Crippen molar-refractivity contribution in [3.63, 3.8) is 0 Å². The van der Waals surface area contributed by atoms with Gasteiger partial charge in [0.25, 0.3) is 0 Å². The molecule has 0 saturated heterocycles. The monoisotopic (exact) mass is 353 g/mol. The minimum atomic E-state index is -0.306. The number of carbonyl (C=O) groups is 1. The smallest absolute Gasteiger partial charge is 0.337 e. The number of ether oxygens (including phenoxy) is 1. The van der Waals surface area contributed by atoms with E-state index in [2.05, 4.69) is 30.5 Å². The molecule has 3 atom stereocenters. The molecule has 0 aromatic heterocycles. The fourth-order valence-electron chi connectivity index (χ4n) is 4.12. The molecule has 2 aromatic rings. The van der Waals surface area contributed by atoms with E-state index in [0.717, 1.165) is 17.0 Å². The van der Waals surface area contributed by atoms with Crippen LogP contribution in [0.25, 0.3) is 0 Å². The summed E-state index contributed by atoms with van der Waals surface area (Å²) in [5.41, 5.74) is 5.39. The summed E-state index contributed by atoms with van der Waals surface area (Å²) in [7, 11) is 1.40. The Morgan fingerprint density at radius 3 is 2.72 bits per heavy atom. The number of halogens is 1. The molecule has 0 spiro atoms. The summed E-state index contributed by atoms with van der Waals surface area (Å²) >= 11 is 6.29. The van der Waals surface area contributed by atoms with Crippen molar-refractivity contribution in [2.75, 3.05) is 12.4 Å². The van der Waals surface area contributed by atoms with Gasteiger partial charge in [-0.1, -0.05) is 35.9 Å². The molecule has 1 N–H and O–H groups in total. The highest BCUT2D eigenvalue weighted by atomic mass is 35.5. The minimum absolute atomic E-state index is 0.207.